The summed E-state index contributed by atoms with van der Waals surface area (Å²) in [4.78, 5) is 25.8. The first-order chi connectivity index (χ1) is 13.2. The fourth-order valence-electron chi connectivity index (χ4n) is 3.19. The van der Waals surface area contributed by atoms with Crippen LogP contribution < -0.4 is 0 Å². The van der Waals surface area contributed by atoms with Gasteiger partial charge in [-0.1, -0.05) is 6.07 Å². The number of hydrogen-bond acceptors (Lipinski definition) is 6. The first-order valence-corrected chi connectivity index (χ1v) is 9.96. The van der Waals surface area contributed by atoms with Crippen molar-refractivity contribution in [2.24, 2.45) is 0 Å². The molecule has 1 saturated heterocycles. The Hall–Kier alpha value is -2.51. The van der Waals surface area contributed by atoms with Crippen LogP contribution in [0.25, 0.3) is 10.8 Å². The highest BCUT2D eigenvalue weighted by Crippen LogP contribution is 2.26. The van der Waals surface area contributed by atoms with Gasteiger partial charge in [0.2, 0.25) is 5.91 Å². The van der Waals surface area contributed by atoms with Gasteiger partial charge in [-0.05, 0) is 31.2 Å². The van der Waals surface area contributed by atoms with Crippen LogP contribution in [0.3, 0.4) is 0 Å². The van der Waals surface area contributed by atoms with E-state index in [1.165, 1.54) is 11.3 Å². The Morgan fingerprint density at radius 2 is 2.00 bits per heavy atom. The maximum atomic E-state index is 12.6. The molecule has 0 unspecified atom stereocenters. The molecule has 0 radical (unpaired) electrons. The van der Waals surface area contributed by atoms with E-state index in [-0.39, 0.29) is 5.91 Å². The lowest BCUT2D eigenvalue weighted by atomic mass is 10.2. The lowest BCUT2D eigenvalue weighted by molar-refractivity contribution is -0.132. The summed E-state index contributed by atoms with van der Waals surface area (Å²) in [6.07, 6.45) is 2.16. The van der Waals surface area contributed by atoms with Crippen LogP contribution in [0.1, 0.15) is 17.1 Å². The Bertz CT molecular complexity index is 898. The van der Waals surface area contributed by atoms with Gasteiger partial charge >= 0.3 is 0 Å². The lowest BCUT2D eigenvalue weighted by Gasteiger charge is -2.34. The number of furan rings is 1. The topological polar surface area (TPSA) is 62.5 Å². The molecule has 0 aromatic carbocycles. The van der Waals surface area contributed by atoms with E-state index < -0.39 is 0 Å². The Kier molecular flexibility index (Phi) is 5.31. The number of rotatable bonds is 5. The average Bonchev–Trinajstić information content (AvgIpc) is 3.32. The molecule has 1 aliphatic rings. The maximum absolute atomic E-state index is 12.6. The number of thiazole rings is 1. The van der Waals surface area contributed by atoms with Crippen molar-refractivity contribution in [2.45, 2.75) is 19.9 Å². The Balaban J connectivity index is 1.29. The molecule has 27 heavy (non-hydrogen) atoms. The fourth-order valence-corrected chi connectivity index (χ4v) is 3.97. The second kappa shape index (κ2) is 8.02. The molecule has 1 amide bonds. The fraction of sp³-hybridized carbons (Fsp3) is 0.350. The highest BCUT2D eigenvalue weighted by molar-refractivity contribution is 7.13. The molecule has 7 heteroatoms. The van der Waals surface area contributed by atoms with Crippen molar-refractivity contribution in [3.63, 3.8) is 0 Å². The van der Waals surface area contributed by atoms with Crippen molar-refractivity contribution in [3.05, 3.63) is 59.1 Å². The monoisotopic (exact) mass is 382 g/mol. The normalized spacial score (nSPS) is 15.2. The SMILES string of the molecule is Cc1ccc(-c2nc(CC(=O)N3CCN(Cc4ccccn4)CC3)cs2)o1. The van der Waals surface area contributed by atoms with Crippen molar-refractivity contribution in [3.8, 4) is 10.8 Å². The van der Waals surface area contributed by atoms with Crippen molar-refractivity contribution in [1.82, 2.24) is 19.8 Å². The van der Waals surface area contributed by atoms with Crippen LogP contribution in [0.2, 0.25) is 0 Å². The van der Waals surface area contributed by atoms with E-state index >= 15 is 0 Å². The van der Waals surface area contributed by atoms with E-state index in [0.29, 0.717) is 6.42 Å². The van der Waals surface area contributed by atoms with Crippen LogP contribution >= 0.6 is 11.3 Å². The number of amides is 1. The first kappa shape index (κ1) is 17.9. The second-order valence-corrected chi connectivity index (χ2v) is 7.57. The van der Waals surface area contributed by atoms with Gasteiger partial charge in [0, 0.05) is 44.3 Å². The van der Waals surface area contributed by atoms with Crippen molar-refractivity contribution in [2.75, 3.05) is 26.2 Å². The minimum Gasteiger partial charge on any atom is -0.459 e. The van der Waals surface area contributed by atoms with Crippen LogP contribution in [-0.4, -0.2) is 51.9 Å². The maximum Gasteiger partial charge on any atom is 0.228 e. The van der Waals surface area contributed by atoms with Gasteiger partial charge in [0.25, 0.3) is 0 Å². The zero-order valence-electron chi connectivity index (χ0n) is 15.3. The molecule has 0 saturated carbocycles. The molecule has 0 N–H and O–H groups in total. The Morgan fingerprint density at radius 1 is 1.15 bits per heavy atom. The van der Waals surface area contributed by atoms with Crippen LogP contribution in [0.4, 0.5) is 0 Å². The molecule has 4 heterocycles. The third kappa shape index (κ3) is 4.43. The molecule has 4 rings (SSSR count). The van der Waals surface area contributed by atoms with Gasteiger partial charge in [-0.25, -0.2) is 4.98 Å². The van der Waals surface area contributed by atoms with Gasteiger partial charge < -0.3 is 9.32 Å². The van der Waals surface area contributed by atoms with Crippen LogP contribution in [0.15, 0.2) is 46.3 Å². The predicted octanol–water partition coefficient (Wildman–Crippen LogP) is 2.99. The summed E-state index contributed by atoms with van der Waals surface area (Å²) >= 11 is 1.52. The zero-order valence-corrected chi connectivity index (χ0v) is 16.1. The van der Waals surface area contributed by atoms with E-state index in [1.807, 2.05) is 53.7 Å². The quantitative estimate of drug-likeness (QED) is 0.679. The molecule has 3 aromatic heterocycles. The summed E-state index contributed by atoms with van der Waals surface area (Å²) in [7, 11) is 0. The van der Waals surface area contributed by atoms with Gasteiger partial charge in [0.1, 0.15) is 5.76 Å². The molecular weight excluding hydrogens is 360 g/mol. The lowest BCUT2D eigenvalue weighted by Crippen LogP contribution is -2.48. The summed E-state index contributed by atoms with van der Waals surface area (Å²) in [5.74, 6) is 1.76. The molecule has 0 bridgehead atoms. The standard InChI is InChI=1S/C20H22N4O2S/c1-15-5-6-18(26-15)20-22-17(14-27-20)12-19(25)24-10-8-23(9-11-24)13-16-4-2-3-7-21-16/h2-7,14H,8-13H2,1H3. The van der Waals surface area contributed by atoms with Gasteiger partial charge in [0.15, 0.2) is 10.8 Å². The van der Waals surface area contributed by atoms with Crippen LogP contribution in [-0.2, 0) is 17.8 Å². The molecular formula is C20H22N4O2S. The third-order valence-corrected chi connectivity index (χ3v) is 5.58. The largest absolute Gasteiger partial charge is 0.459 e. The molecule has 0 atom stereocenters. The average molecular weight is 382 g/mol. The van der Waals surface area contributed by atoms with Crippen LogP contribution in [0, 0.1) is 6.92 Å². The smallest absolute Gasteiger partial charge is 0.228 e. The van der Waals surface area contributed by atoms with Gasteiger partial charge in [-0.2, -0.15) is 0 Å². The summed E-state index contributed by atoms with van der Waals surface area (Å²) < 4.78 is 5.61. The van der Waals surface area contributed by atoms with Gasteiger partial charge in [0.05, 0.1) is 17.8 Å². The summed E-state index contributed by atoms with van der Waals surface area (Å²) in [6.45, 7) is 5.99. The second-order valence-electron chi connectivity index (χ2n) is 6.71. The summed E-state index contributed by atoms with van der Waals surface area (Å²) in [5.41, 5.74) is 1.88. The number of carbonyl (C=O) groups excluding carboxylic acids is 1. The highest BCUT2D eigenvalue weighted by Gasteiger charge is 2.22. The van der Waals surface area contributed by atoms with Crippen molar-refractivity contribution >= 4 is 17.2 Å². The molecule has 0 aliphatic carbocycles. The number of carbonyl (C=O) groups is 1. The minimum atomic E-state index is 0.139. The van der Waals surface area contributed by atoms with E-state index in [4.69, 9.17) is 4.42 Å². The van der Waals surface area contributed by atoms with Gasteiger partial charge in [-0.3, -0.25) is 14.7 Å². The van der Waals surface area contributed by atoms with Crippen molar-refractivity contribution in [1.29, 1.82) is 0 Å². The molecule has 1 aliphatic heterocycles. The molecule has 140 valence electrons. The number of hydrogen-bond donors (Lipinski definition) is 0. The van der Waals surface area contributed by atoms with E-state index in [9.17, 15) is 4.79 Å². The Labute approximate surface area is 162 Å². The minimum absolute atomic E-state index is 0.139. The van der Waals surface area contributed by atoms with E-state index in [0.717, 1.165) is 60.6 Å². The number of pyridine rings is 1. The highest BCUT2D eigenvalue weighted by atomic mass is 32.1. The van der Waals surface area contributed by atoms with E-state index in [2.05, 4.69) is 14.9 Å². The predicted molar refractivity (Wildman–Crippen MR) is 104 cm³/mol. The first-order valence-electron chi connectivity index (χ1n) is 9.08. The van der Waals surface area contributed by atoms with Gasteiger partial charge in [-0.15, -0.1) is 11.3 Å². The number of piperazine rings is 1. The molecule has 3 aromatic rings. The summed E-state index contributed by atoms with van der Waals surface area (Å²) in [6, 6.07) is 9.82. The van der Waals surface area contributed by atoms with Crippen LogP contribution in [0.5, 0.6) is 0 Å². The number of aryl methyl sites for hydroxylation is 1. The number of aromatic nitrogens is 2. The molecule has 6 nitrogen and oxygen atoms in total. The Morgan fingerprint density at radius 3 is 2.70 bits per heavy atom. The zero-order chi connectivity index (χ0) is 18.6. The molecule has 1 fully saturated rings. The third-order valence-electron chi connectivity index (χ3n) is 4.67. The summed E-state index contributed by atoms with van der Waals surface area (Å²) in [5, 5.41) is 2.77. The van der Waals surface area contributed by atoms with E-state index in [1.54, 1.807) is 0 Å². The van der Waals surface area contributed by atoms with Crippen molar-refractivity contribution < 1.29 is 9.21 Å². The number of nitrogens with zero attached hydrogens (tertiary/aromatic N) is 4. The molecule has 0 spiro atoms.